The second kappa shape index (κ2) is 7.71. The van der Waals surface area contributed by atoms with Gasteiger partial charge in [-0.05, 0) is 38.0 Å². The summed E-state index contributed by atoms with van der Waals surface area (Å²) in [4.78, 5) is 0. The Kier molecular flexibility index (Phi) is 5.63. The normalized spacial score (nSPS) is 10.8. The van der Waals surface area contributed by atoms with Crippen molar-refractivity contribution in [2.45, 2.75) is 26.4 Å². The van der Waals surface area contributed by atoms with Gasteiger partial charge in [0.05, 0.1) is 6.10 Å². The first-order chi connectivity index (χ1) is 9.77. The maximum atomic E-state index is 5.55. The highest BCUT2D eigenvalue weighted by Crippen LogP contribution is 2.26. The van der Waals surface area contributed by atoms with E-state index in [9.17, 15) is 0 Å². The van der Waals surface area contributed by atoms with Gasteiger partial charge >= 0.3 is 0 Å². The second-order valence-corrected chi connectivity index (χ2v) is 5.02. The first kappa shape index (κ1) is 14.6. The monoisotopic (exact) mass is 268 g/mol. The van der Waals surface area contributed by atoms with Gasteiger partial charge in [-0.3, -0.25) is 0 Å². The standard InChI is InChI=1S/C18H22NO/c1-15(2)20-14-8-13-19-18-12-7-6-11-17(18)16-9-4-3-5-10-16/h3-7,9,11-12,15,19H,8,13-14H2,1-2H3. The minimum Gasteiger partial charge on any atom is -0.384 e. The summed E-state index contributed by atoms with van der Waals surface area (Å²) in [5.74, 6) is 0. The average molecular weight is 268 g/mol. The van der Waals surface area contributed by atoms with E-state index in [1.165, 1.54) is 5.56 Å². The fourth-order valence-corrected chi connectivity index (χ4v) is 2.05. The molecule has 0 heterocycles. The largest absolute Gasteiger partial charge is 0.384 e. The molecule has 2 nitrogen and oxygen atoms in total. The number of hydrogen-bond acceptors (Lipinski definition) is 2. The summed E-state index contributed by atoms with van der Waals surface area (Å²) < 4.78 is 5.55. The molecule has 0 fully saturated rings. The number of nitrogens with one attached hydrogen (secondary N) is 1. The zero-order valence-corrected chi connectivity index (χ0v) is 12.2. The summed E-state index contributed by atoms with van der Waals surface area (Å²) in [6.45, 7) is 5.84. The van der Waals surface area contributed by atoms with Crippen LogP contribution >= 0.6 is 0 Å². The van der Waals surface area contributed by atoms with Gasteiger partial charge in [0.1, 0.15) is 0 Å². The lowest BCUT2D eigenvalue weighted by molar-refractivity contribution is 0.0787. The highest BCUT2D eigenvalue weighted by molar-refractivity contribution is 5.77. The van der Waals surface area contributed by atoms with E-state index >= 15 is 0 Å². The Morgan fingerprint density at radius 1 is 1.10 bits per heavy atom. The van der Waals surface area contributed by atoms with Crippen LogP contribution in [0.15, 0.2) is 48.5 Å². The van der Waals surface area contributed by atoms with Crippen LogP contribution in [0, 0.1) is 6.07 Å². The van der Waals surface area contributed by atoms with Gasteiger partial charge in [0.15, 0.2) is 0 Å². The van der Waals surface area contributed by atoms with Gasteiger partial charge < -0.3 is 10.1 Å². The Morgan fingerprint density at radius 3 is 2.65 bits per heavy atom. The summed E-state index contributed by atoms with van der Waals surface area (Å²) in [6.07, 6.45) is 1.31. The van der Waals surface area contributed by atoms with Crippen LogP contribution in [0.5, 0.6) is 0 Å². The molecule has 2 heteroatoms. The Morgan fingerprint density at radius 2 is 1.90 bits per heavy atom. The van der Waals surface area contributed by atoms with Crippen LogP contribution in [-0.2, 0) is 4.74 Å². The van der Waals surface area contributed by atoms with E-state index in [1.807, 2.05) is 18.2 Å². The fourth-order valence-electron chi connectivity index (χ4n) is 2.05. The van der Waals surface area contributed by atoms with Crippen molar-refractivity contribution < 1.29 is 4.74 Å². The van der Waals surface area contributed by atoms with Crippen molar-refractivity contribution in [2.75, 3.05) is 18.5 Å². The maximum Gasteiger partial charge on any atom is 0.0518 e. The van der Waals surface area contributed by atoms with E-state index in [0.717, 1.165) is 30.8 Å². The molecule has 0 aliphatic rings. The molecule has 0 spiro atoms. The summed E-state index contributed by atoms with van der Waals surface area (Å²) >= 11 is 0. The fraction of sp³-hybridized carbons (Fsp3) is 0.333. The molecule has 105 valence electrons. The minimum absolute atomic E-state index is 0.307. The summed E-state index contributed by atoms with van der Waals surface area (Å²) in [5, 5.41) is 3.49. The molecule has 2 aromatic carbocycles. The quantitative estimate of drug-likeness (QED) is 0.752. The van der Waals surface area contributed by atoms with Gasteiger partial charge in [-0.2, -0.15) is 0 Å². The zero-order chi connectivity index (χ0) is 14.2. The molecule has 0 amide bonds. The molecule has 0 atom stereocenters. The Bertz CT molecular complexity index is 508. The van der Waals surface area contributed by atoms with Crippen molar-refractivity contribution in [2.24, 2.45) is 0 Å². The van der Waals surface area contributed by atoms with Crippen LogP contribution in [0.1, 0.15) is 20.3 Å². The number of anilines is 1. The first-order valence-corrected chi connectivity index (χ1v) is 7.19. The number of hydrogen-bond donors (Lipinski definition) is 1. The topological polar surface area (TPSA) is 21.3 Å². The molecular weight excluding hydrogens is 246 g/mol. The maximum absolute atomic E-state index is 5.55. The van der Waals surface area contributed by atoms with Crippen molar-refractivity contribution in [1.82, 2.24) is 0 Å². The van der Waals surface area contributed by atoms with Gasteiger partial charge in [0.2, 0.25) is 0 Å². The van der Waals surface area contributed by atoms with Crippen molar-refractivity contribution in [3.05, 3.63) is 54.6 Å². The number of para-hydroxylation sites is 1. The molecule has 0 saturated carbocycles. The smallest absolute Gasteiger partial charge is 0.0518 e. The van der Waals surface area contributed by atoms with E-state index in [1.54, 1.807) is 0 Å². The van der Waals surface area contributed by atoms with Crippen LogP contribution in [0.2, 0.25) is 0 Å². The van der Waals surface area contributed by atoms with E-state index in [4.69, 9.17) is 4.74 Å². The molecule has 0 aliphatic heterocycles. The summed E-state index contributed by atoms with van der Waals surface area (Å²) in [6, 6.07) is 19.7. The zero-order valence-electron chi connectivity index (χ0n) is 12.2. The third kappa shape index (κ3) is 4.39. The Hall–Kier alpha value is -1.80. The van der Waals surface area contributed by atoms with Crippen molar-refractivity contribution in [3.8, 4) is 11.1 Å². The van der Waals surface area contributed by atoms with Gasteiger partial charge in [-0.1, -0.05) is 42.5 Å². The molecule has 0 bridgehead atoms. The third-order valence-corrected chi connectivity index (χ3v) is 3.01. The lowest BCUT2D eigenvalue weighted by Gasteiger charge is -2.12. The van der Waals surface area contributed by atoms with E-state index in [0.29, 0.717) is 6.10 Å². The predicted molar refractivity (Wildman–Crippen MR) is 84.9 cm³/mol. The van der Waals surface area contributed by atoms with Crippen LogP contribution in [-0.4, -0.2) is 19.3 Å². The third-order valence-electron chi connectivity index (χ3n) is 3.01. The van der Waals surface area contributed by atoms with Crippen LogP contribution in [0.4, 0.5) is 5.69 Å². The first-order valence-electron chi connectivity index (χ1n) is 7.19. The number of ether oxygens (including phenoxy) is 1. The lowest BCUT2D eigenvalue weighted by Crippen LogP contribution is -2.09. The molecule has 0 saturated heterocycles. The second-order valence-electron chi connectivity index (χ2n) is 5.02. The van der Waals surface area contributed by atoms with Crippen LogP contribution in [0.25, 0.3) is 11.1 Å². The molecule has 1 radical (unpaired) electrons. The number of benzene rings is 2. The van der Waals surface area contributed by atoms with Crippen molar-refractivity contribution >= 4 is 5.69 Å². The molecule has 0 aliphatic carbocycles. The highest BCUT2D eigenvalue weighted by atomic mass is 16.5. The Balaban J connectivity index is 1.95. The van der Waals surface area contributed by atoms with Gasteiger partial charge in [-0.25, -0.2) is 0 Å². The molecular formula is C18H22NO. The van der Waals surface area contributed by atoms with Crippen molar-refractivity contribution in [3.63, 3.8) is 0 Å². The molecule has 2 rings (SSSR count). The summed E-state index contributed by atoms with van der Waals surface area (Å²) in [5.41, 5.74) is 3.46. The molecule has 2 aromatic rings. The predicted octanol–water partition coefficient (Wildman–Crippen LogP) is 4.38. The van der Waals surface area contributed by atoms with E-state index in [-0.39, 0.29) is 0 Å². The van der Waals surface area contributed by atoms with Gasteiger partial charge in [0, 0.05) is 24.4 Å². The SMILES string of the molecule is CC(C)OCCCNc1ccccc1-c1[c]cccc1. The molecule has 0 unspecified atom stereocenters. The highest BCUT2D eigenvalue weighted by Gasteiger charge is 2.03. The molecule has 20 heavy (non-hydrogen) atoms. The van der Waals surface area contributed by atoms with E-state index < -0.39 is 0 Å². The molecule has 1 N–H and O–H groups in total. The Labute approximate surface area is 121 Å². The number of rotatable bonds is 7. The van der Waals surface area contributed by atoms with Gasteiger partial charge in [-0.15, -0.1) is 0 Å². The summed E-state index contributed by atoms with van der Waals surface area (Å²) in [7, 11) is 0. The van der Waals surface area contributed by atoms with Crippen molar-refractivity contribution in [1.29, 1.82) is 0 Å². The minimum atomic E-state index is 0.307. The van der Waals surface area contributed by atoms with Crippen LogP contribution < -0.4 is 5.32 Å². The lowest BCUT2D eigenvalue weighted by atomic mass is 10.0. The van der Waals surface area contributed by atoms with Gasteiger partial charge in [0.25, 0.3) is 0 Å². The average Bonchev–Trinajstić information content (AvgIpc) is 2.48. The molecule has 0 aromatic heterocycles. The van der Waals surface area contributed by atoms with E-state index in [2.05, 4.69) is 55.6 Å². The van der Waals surface area contributed by atoms with Crippen LogP contribution in [0.3, 0.4) is 0 Å².